The summed E-state index contributed by atoms with van der Waals surface area (Å²) in [5.41, 5.74) is 1.38. The van der Waals surface area contributed by atoms with E-state index in [-0.39, 0.29) is 0 Å². The maximum Gasteiger partial charge on any atom is 0.107 e. The Morgan fingerprint density at radius 3 is 2.89 bits per heavy atom. The lowest BCUT2D eigenvalue weighted by molar-refractivity contribution is 0.228. The van der Waals surface area contributed by atoms with Crippen LogP contribution < -0.4 is 0 Å². The van der Waals surface area contributed by atoms with Crippen LogP contribution in [0.5, 0.6) is 0 Å². The van der Waals surface area contributed by atoms with Gasteiger partial charge in [0.05, 0.1) is 12.2 Å². The van der Waals surface area contributed by atoms with Gasteiger partial charge in [0, 0.05) is 17.5 Å². The van der Waals surface area contributed by atoms with E-state index >= 15 is 0 Å². The van der Waals surface area contributed by atoms with Gasteiger partial charge in [-0.1, -0.05) is 0 Å². The summed E-state index contributed by atoms with van der Waals surface area (Å²) in [6.45, 7) is 2.48. The number of aliphatic hydroxyl groups is 1. The van der Waals surface area contributed by atoms with E-state index < -0.39 is 0 Å². The Kier molecular flexibility index (Phi) is 3.97. The number of aryl methyl sites for hydroxylation is 2. The molecule has 0 saturated heterocycles. The first kappa shape index (κ1) is 12.6. The standard InChI is InChI=1S/C14H22N2OS/c17-9-2-1-8-16(11-6-7-11)10-14-15-12-4-3-5-13(12)18-14/h11,17H,1-10H2. The molecule has 0 aliphatic heterocycles. The molecule has 3 nitrogen and oxygen atoms in total. The second kappa shape index (κ2) is 5.68. The summed E-state index contributed by atoms with van der Waals surface area (Å²) in [6.07, 6.45) is 8.49. The summed E-state index contributed by atoms with van der Waals surface area (Å²) in [6, 6.07) is 0.794. The van der Waals surface area contributed by atoms with Crippen molar-refractivity contribution in [2.75, 3.05) is 13.2 Å². The molecule has 2 aliphatic carbocycles. The lowest BCUT2D eigenvalue weighted by atomic mass is 10.3. The Hall–Kier alpha value is -0.450. The summed E-state index contributed by atoms with van der Waals surface area (Å²) in [4.78, 5) is 8.91. The van der Waals surface area contributed by atoms with Crippen LogP contribution in [0, 0.1) is 0 Å². The first-order chi connectivity index (χ1) is 8.86. The van der Waals surface area contributed by atoms with Gasteiger partial charge in [-0.05, 0) is 51.5 Å². The highest BCUT2D eigenvalue weighted by Crippen LogP contribution is 2.32. The number of hydrogen-bond acceptors (Lipinski definition) is 4. The van der Waals surface area contributed by atoms with Crippen LogP contribution in [-0.2, 0) is 19.4 Å². The minimum atomic E-state index is 0.323. The maximum atomic E-state index is 8.87. The second-order valence-electron chi connectivity index (χ2n) is 5.46. The van der Waals surface area contributed by atoms with Gasteiger partial charge in [-0.15, -0.1) is 11.3 Å². The van der Waals surface area contributed by atoms with Crippen molar-refractivity contribution in [3.8, 4) is 0 Å². The molecule has 100 valence electrons. The number of fused-ring (bicyclic) bond motifs is 1. The molecule has 0 aromatic carbocycles. The zero-order valence-corrected chi connectivity index (χ0v) is 11.7. The van der Waals surface area contributed by atoms with Gasteiger partial charge in [0.2, 0.25) is 0 Å². The van der Waals surface area contributed by atoms with Gasteiger partial charge in [-0.25, -0.2) is 4.98 Å². The van der Waals surface area contributed by atoms with Gasteiger partial charge in [-0.3, -0.25) is 4.90 Å². The smallest absolute Gasteiger partial charge is 0.107 e. The fourth-order valence-corrected chi connectivity index (χ4v) is 3.92. The van der Waals surface area contributed by atoms with E-state index in [4.69, 9.17) is 10.1 Å². The number of thiazole rings is 1. The van der Waals surface area contributed by atoms with Crippen LogP contribution in [0.25, 0.3) is 0 Å². The second-order valence-corrected chi connectivity index (χ2v) is 6.63. The molecular formula is C14H22N2OS. The van der Waals surface area contributed by atoms with Crippen molar-refractivity contribution >= 4 is 11.3 Å². The zero-order valence-electron chi connectivity index (χ0n) is 10.9. The fourth-order valence-electron chi connectivity index (χ4n) is 2.74. The number of unbranched alkanes of at least 4 members (excludes halogenated alkanes) is 1. The van der Waals surface area contributed by atoms with E-state index in [1.54, 1.807) is 0 Å². The molecule has 0 radical (unpaired) electrons. The number of hydrogen-bond donors (Lipinski definition) is 1. The van der Waals surface area contributed by atoms with Crippen LogP contribution in [0.15, 0.2) is 0 Å². The quantitative estimate of drug-likeness (QED) is 0.770. The van der Waals surface area contributed by atoms with Crippen LogP contribution in [0.2, 0.25) is 0 Å². The predicted octanol–water partition coefficient (Wildman–Crippen LogP) is 2.37. The van der Waals surface area contributed by atoms with Crippen LogP contribution in [-0.4, -0.2) is 34.2 Å². The Labute approximate surface area is 113 Å². The van der Waals surface area contributed by atoms with Gasteiger partial charge < -0.3 is 5.11 Å². The van der Waals surface area contributed by atoms with E-state index in [0.717, 1.165) is 32.0 Å². The minimum Gasteiger partial charge on any atom is -0.396 e. The topological polar surface area (TPSA) is 36.4 Å². The van der Waals surface area contributed by atoms with Gasteiger partial charge in [-0.2, -0.15) is 0 Å². The molecule has 1 saturated carbocycles. The zero-order chi connectivity index (χ0) is 12.4. The molecule has 1 fully saturated rings. The number of aliphatic hydroxyl groups excluding tert-OH is 1. The number of rotatable bonds is 7. The van der Waals surface area contributed by atoms with Crippen LogP contribution >= 0.6 is 11.3 Å². The molecule has 1 N–H and O–H groups in total. The summed E-state index contributed by atoms with van der Waals surface area (Å²) in [5.74, 6) is 0. The van der Waals surface area contributed by atoms with Gasteiger partial charge in [0.1, 0.15) is 5.01 Å². The Morgan fingerprint density at radius 1 is 1.28 bits per heavy atom. The van der Waals surface area contributed by atoms with E-state index in [0.29, 0.717) is 6.61 Å². The SMILES string of the molecule is OCCCCN(Cc1nc2c(s1)CCC2)C1CC1. The van der Waals surface area contributed by atoms with Crippen LogP contribution in [0.1, 0.15) is 47.7 Å². The Balaban J connectivity index is 1.57. The number of aromatic nitrogens is 1. The van der Waals surface area contributed by atoms with Crippen molar-refractivity contribution in [3.63, 3.8) is 0 Å². The van der Waals surface area contributed by atoms with Crippen LogP contribution in [0.3, 0.4) is 0 Å². The van der Waals surface area contributed by atoms with Crippen LogP contribution in [0.4, 0.5) is 0 Å². The molecule has 18 heavy (non-hydrogen) atoms. The Morgan fingerprint density at radius 2 is 2.17 bits per heavy atom. The van der Waals surface area contributed by atoms with Crippen molar-refractivity contribution in [1.29, 1.82) is 0 Å². The maximum absolute atomic E-state index is 8.87. The molecule has 1 heterocycles. The monoisotopic (exact) mass is 266 g/mol. The third-order valence-corrected chi connectivity index (χ3v) is 5.04. The van der Waals surface area contributed by atoms with E-state index in [2.05, 4.69) is 4.90 Å². The summed E-state index contributed by atoms with van der Waals surface area (Å²) in [7, 11) is 0. The molecule has 0 amide bonds. The fraction of sp³-hybridized carbons (Fsp3) is 0.786. The minimum absolute atomic E-state index is 0.323. The molecule has 0 unspecified atom stereocenters. The first-order valence-electron chi connectivity index (χ1n) is 7.19. The van der Waals surface area contributed by atoms with Crippen molar-refractivity contribution in [1.82, 2.24) is 9.88 Å². The third-order valence-electron chi connectivity index (χ3n) is 3.90. The number of nitrogens with zero attached hydrogens (tertiary/aromatic N) is 2. The molecule has 1 aromatic rings. The third kappa shape index (κ3) is 2.92. The van der Waals surface area contributed by atoms with Crippen molar-refractivity contribution in [2.45, 2.75) is 57.5 Å². The summed E-state index contributed by atoms with van der Waals surface area (Å²) >= 11 is 1.93. The Bertz CT molecular complexity index is 379. The summed E-state index contributed by atoms with van der Waals surface area (Å²) < 4.78 is 0. The highest BCUT2D eigenvalue weighted by molar-refractivity contribution is 7.11. The summed E-state index contributed by atoms with van der Waals surface area (Å²) in [5, 5.41) is 10.2. The highest BCUT2D eigenvalue weighted by atomic mass is 32.1. The molecule has 0 spiro atoms. The van der Waals surface area contributed by atoms with Crippen molar-refractivity contribution in [2.24, 2.45) is 0 Å². The van der Waals surface area contributed by atoms with Crippen molar-refractivity contribution in [3.05, 3.63) is 15.6 Å². The molecule has 2 aliphatic rings. The lowest BCUT2D eigenvalue weighted by Gasteiger charge is -2.20. The molecular weight excluding hydrogens is 244 g/mol. The highest BCUT2D eigenvalue weighted by Gasteiger charge is 2.29. The largest absolute Gasteiger partial charge is 0.396 e. The molecule has 0 bridgehead atoms. The van der Waals surface area contributed by atoms with Gasteiger partial charge >= 0.3 is 0 Å². The predicted molar refractivity (Wildman–Crippen MR) is 73.9 cm³/mol. The van der Waals surface area contributed by atoms with Gasteiger partial charge in [0.25, 0.3) is 0 Å². The van der Waals surface area contributed by atoms with E-state index in [9.17, 15) is 0 Å². The van der Waals surface area contributed by atoms with E-state index in [1.807, 2.05) is 11.3 Å². The lowest BCUT2D eigenvalue weighted by Crippen LogP contribution is -2.26. The molecule has 3 rings (SSSR count). The first-order valence-corrected chi connectivity index (χ1v) is 8.01. The van der Waals surface area contributed by atoms with Crippen molar-refractivity contribution < 1.29 is 5.11 Å². The molecule has 0 atom stereocenters. The average molecular weight is 266 g/mol. The molecule has 1 aromatic heterocycles. The van der Waals surface area contributed by atoms with E-state index in [1.165, 1.54) is 47.7 Å². The van der Waals surface area contributed by atoms with Gasteiger partial charge in [0.15, 0.2) is 0 Å². The average Bonchev–Trinajstić information content (AvgIpc) is 3.00. The normalized spacial score (nSPS) is 18.6. The molecule has 4 heteroatoms.